The molecular formula is C45H61N3O12. The molecule has 328 valence electrons. The molecule has 1 aliphatic heterocycles. The molecule has 0 bridgehead atoms. The Balaban J connectivity index is 1.80. The molecule has 1 saturated heterocycles. The summed E-state index contributed by atoms with van der Waals surface area (Å²) in [5, 5.41) is 6.24. The number of carbonyl (C=O) groups is 6. The predicted molar refractivity (Wildman–Crippen MR) is 221 cm³/mol. The van der Waals surface area contributed by atoms with Crippen LogP contribution in [-0.2, 0) is 65.4 Å². The maximum atomic E-state index is 14.6. The molecule has 3 aromatic rings. The van der Waals surface area contributed by atoms with Crippen LogP contribution in [0.2, 0.25) is 0 Å². The molecule has 1 fully saturated rings. The Morgan fingerprint density at radius 2 is 1.17 bits per heavy atom. The number of ether oxygens (including phenoxy) is 6. The molecule has 4 rings (SSSR count). The first kappa shape index (κ1) is 47.2. The van der Waals surface area contributed by atoms with E-state index in [1.807, 2.05) is 30.3 Å². The molecule has 2 aromatic carbocycles. The predicted octanol–water partition coefficient (Wildman–Crippen LogP) is 6.31. The largest absolute Gasteiger partial charge is 0.462 e. The molecule has 2 heterocycles. The first-order chi connectivity index (χ1) is 27.8. The van der Waals surface area contributed by atoms with E-state index >= 15 is 0 Å². The Morgan fingerprint density at radius 1 is 0.650 bits per heavy atom. The van der Waals surface area contributed by atoms with E-state index in [0.29, 0.717) is 5.56 Å². The van der Waals surface area contributed by atoms with E-state index in [0.717, 1.165) is 16.5 Å². The molecule has 6 atom stereocenters. The van der Waals surface area contributed by atoms with Crippen LogP contribution in [0.25, 0.3) is 10.9 Å². The molecule has 0 aliphatic carbocycles. The Kier molecular flexibility index (Phi) is 14.9. The third-order valence-electron chi connectivity index (χ3n) is 9.40. The Bertz CT molecular complexity index is 2000. The van der Waals surface area contributed by atoms with Crippen molar-refractivity contribution in [1.29, 1.82) is 0 Å². The summed E-state index contributed by atoms with van der Waals surface area (Å²) in [6.45, 7) is 18.9. The molecule has 3 N–H and O–H groups in total. The third kappa shape index (κ3) is 12.8. The van der Waals surface area contributed by atoms with Crippen molar-refractivity contribution in [2.24, 2.45) is 21.7 Å². The topological polar surface area (TPSA) is 198 Å². The van der Waals surface area contributed by atoms with Gasteiger partial charge < -0.3 is 44.0 Å². The van der Waals surface area contributed by atoms with Gasteiger partial charge in [-0.25, -0.2) is 4.79 Å². The van der Waals surface area contributed by atoms with E-state index in [1.165, 1.54) is 0 Å². The molecule has 1 aliphatic rings. The lowest BCUT2D eigenvalue weighted by Gasteiger charge is -2.46. The molecule has 1 aromatic heterocycles. The van der Waals surface area contributed by atoms with E-state index in [9.17, 15) is 28.8 Å². The van der Waals surface area contributed by atoms with Gasteiger partial charge in [-0.05, 0) is 100 Å². The van der Waals surface area contributed by atoms with Crippen LogP contribution in [0.3, 0.4) is 0 Å². The standard InChI is InChI=1S/C45H61N3O12/c1-42(2,3)37(50)55-25-31-32(58-38(51)43(4,5)6)33(59-39(52)44(7,8)9)34(60-40(53)45(10,11)12)36(57-31)48-35(49)30(22-27-23-46-29-21-17-16-20-28(27)29)47-41(54)56-24-26-18-14-13-15-19-26/h13-21,23,30-34,36,46H,22,24-25H2,1-12H3,(H,47,54)(H,48,49)/t30-,31+,32-,33-,34+,36+/m0/s1. The lowest BCUT2D eigenvalue weighted by Crippen LogP contribution is -2.68. The van der Waals surface area contributed by atoms with Crippen LogP contribution in [0, 0.1) is 21.7 Å². The van der Waals surface area contributed by atoms with Gasteiger partial charge in [-0.2, -0.15) is 0 Å². The number of fused-ring (bicyclic) bond motifs is 1. The van der Waals surface area contributed by atoms with Gasteiger partial charge in [0.2, 0.25) is 5.91 Å². The Hall–Kier alpha value is -5.44. The van der Waals surface area contributed by atoms with Crippen molar-refractivity contribution >= 4 is 46.8 Å². The lowest BCUT2D eigenvalue weighted by atomic mass is 9.92. The van der Waals surface area contributed by atoms with Crippen molar-refractivity contribution in [2.75, 3.05) is 6.61 Å². The second-order valence-corrected chi connectivity index (χ2v) is 19.1. The van der Waals surface area contributed by atoms with Crippen LogP contribution in [0.5, 0.6) is 0 Å². The number of amides is 2. The highest BCUT2D eigenvalue weighted by molar-refractivity contribution is 5.88. The van der Waals surface area contributed by atoms with Crippen molar-refractivity contribution in [1.82, 2.24) is 15.6 Å². The Labute approximate surface area is 351 Å². The number of rotatable bonds is 12. The highest BCUT2D eigenvalue weighted by Gasteiger charge is 2.55. The van der Waals surface area contributed by atoms with Crippen LogP contribution < -0.4 is 10.6 Å². The van der Waals surface area contributed by atoms with Gasteiger partial charge in [-0.1, -0.05) is 48.5 Å². The summed E-state index contributed by atoms with van der Waals surface area (Å²) in [5.74, 6) is -3.65. The fourth-order valence-electron chi connectivity index (χ4n) is 5.72. The van der Waals surface area contributed by atoms with Crippen LogP contribution >= 0.6 is 0 Å². The van der Waals surface area contributed by atoms with Gasteiger partial charge in [0.05, 0.1) is 21.7 Å². The summed E-state index contributed by atoms with van der Waals surface area (Å²) >= 11 is 0. The van der Waals surface area contributed by atoms with Crippen LogP contribution in [0.15, 0.2) is 60.8 Å². The first-order valence-corrected chi connectivity index (χ1v) is 20.0. The summed E-state index contributed by atoms with van der Waals surface area (Å²) in [5.41, 5.74) is -2.01. The number of alkyl carbamates (subject to hydrolysis) is 1. The minimum absolute atomic E-state index is 0.0314. The molecule has 2 amide bonds. The quantitative estimate of drug-likeness (QED) is 0.136. The van der Waals surface area contributed by atoms with Crippen molar-refractivity contribution in [3.05, 3.63) is 71.9 Å². The van der Waals surface area contributed by atoms with E-state index < -0.39 is 101 Å². The number of para-hydroxylation sites is 1. The van der Waals surface area contributed by atoms with E-state index in [4.69, 9.17) is 28.4 Å². The number of H-pyrrole nitrogens is 1. The zero-order valence-corrected chi connectivity index (χ0v) is 36.8. The zero-order chi connectivity index (χ0) is 44.8. The average molecular weight is 836 g/mol. The van der Waals surface area contributed by atoms with E-state index in [2.05, 4.69) is 15.6 Å². The van der Waals surface area contributed by atoms with Gasteiger partial charge in [-0.3, -0.25) is 24.0 Å². The second-order valence-electron chi connectivity index (χ2n) is 19.1. The van der Waals surface area contributed by atoms with Crippen molar-refractivity contribution in [2.45, 2.75) is 133 Å². The van der Waals surface area contributed by atoms with Gasteiger partial charge in [0.15, 0.2) is 24.5 Å². The van der Waals surface area contributed by atoms with Crippen molar-refractivity contribution in [3.8, 4) is 0 Å². The normalized spacial score (nSPS) is 20.3. The molecular weight excluding hydrogens is 775 g/mol. The maximum absolute atomic E-state index is 14.6. The lowest BCUT2D eigenvalue weighted by molar-refractivity contribution is -0.264. The number of hydrogen-bond acceptors (Lipinski definition) is 12. The van der Waals surface area contributed by atoms with Crippen LogP contribution in [-0.4, -0.2) is 84.2 Å². The summed E-state index contributed by atoms with van der Waals surface area (Å²) in [6, 6.07) is 15.1. The number of esters is 4. The monoisotopic (exact) mass is 835 g/mol. The fraction of sp³-hybridized carbons (Fsp3) is 0.556. The summed E-state index contributed by atoms with van der Waals surface area (Å²) in [6.07, 6.45) is -6.91. The SMILES string of the molecule is CC(C)(C)C(=O)OC[C@H]1O[C@@H](NC(=O)[C@H](Cc2c[nH]c3ccccc23)NC(=O)OCc2ccccc2)[C@H](OC(=O)C(C)(C)C)[C@@H](OC(=O)C(C)(C)C)[C@H]1OC(=O)C(C)(C)C. The van der Waals surface area contributed by atoms with E-state index in [-0.39, 0.29) is 13.0 Å². The molecule has 15 nitrogen and oxygen atoms in total. The van der Waals surface area contributed by atoms with Gasteiger partial charge >= 0.3 is 30.0 Å². The number of aromatic nitrogens is 1. The van der Waals surface area contributed by atoms with Crippen LogP contribution in [0.1, 0.15) is 94.2 Å². The smallest absolute Gasteiger partial charge is 0.408 e. The number of nitrogens with one attached hydrogen (secondary N) is 3. The van der Waals surface area contributed by atoms with Crippen molar-refractivity contribution in [3.63, 3.8) is 0 Å². The molecule has 15 heteroatoms. The maximum Gasteiger partial charge on any atom is 0.408 e. The molecule has 0 spiro atoms. The minimum atomic E-state index is -1.63. The van der Waals surface area contributed by atoms with Gasteiger partial charge in [-0.15, -0.1) is 0 Å². The number of aromatic amines is 1. The van der Waals surface area contributed by atoms with Gasteiger partial charge in [0, 0.05) is 23.5 Å². The second kappa shape index (κ2) is 18.9. The zero-order valence-electron chi connectivity index (χ0n) is 36.8. The fourth-order valence-corrected chi connectivity index (χ4v) is 5.72. The number of carbonyl (C=O) groups excluding carboxylic acids is 6. The molecule has 0 saturated carbocycles. The number of benzene rings is 2. The first-order valence-electron chi connectivity index (χ1n) is 20.0. The van der Waals surface area contributed by atoms with Crippen molar-refractivity contribution < 1.29 is 57.2 Å². The summed E-state index contributed by atoms with van der Waals surface area (Å²) in [7, 11) is 0. The third-order valence-corrected chi connectivity index (χ3v) is 9.40. The average Bonchev–Trinajstić information content (AvgIpc) is 3.56. The van der Waals surface area contributed by atoms with Gasteiger partial charge in [0.25, 0.3) is 0 Å². The summed E-state index contributed by atoms with van der Waals surface area (Å²) < 4.78 is 35.8. The van der Waals surface area contributed by atoms with E-state index in [1.54, 1.807) is 114 Å². The highest BCUT2D eigenvalue weighted by Crippen LogP contribution is 2.34. The van der Waals surface area contributed by atoms with Gasteiger partial charge in [0.1, 0.15) is 25.4 Å². The number of hydrogen-bond donors (Lipinski definition) is 3. The highest BCUT2D eigenvalue weighted by atomic mass is 16.7. The minimum Gasteiger partial charge on any atom is -0.462 e. The van der Waals surface area contributed by atoms with Crippen LogP contribution in [0.4, 0.5) is 4.79 Å². The summed E-state index contributed by atoms with van der Waals surface area (Å²) in [4.78, 5) is 85.2. The Morgan fingerprint density at radius 3 is 1.73 bits per heavy atom. The molecule has 0 unspecified atom stereocenters. The molecule has 60 heavy (non-hydrogen) atoms. The molecule has 0 radical (unpaired) electrons.